The summed E-state index contributed by atoms with van der Waals surface area (Å²) in [6.07, 6.45) is -0.611. The van der Waals surface area contributed by atoms with Gasteiger partial charge in [0.2, 0.25) is 0 Å². The van der Waals surface area contributed by atoms with Gasteiger partial charge in [0.15, 0.2) is 0 Å². The third-order valence-corrected chi connectivity index (χ3v) is 7.51. The maximum atomic E-state index is 12.9. The third-order valence-electron chi connectivity index (χ3n) is 6.49. The minimum absolute atomic E-state index is 0.0530. The number of nitrogens with one attached hydrogen (secondary N) is 1. The van der Waals surface area contributed by atoms with Gasteiger partial charge in [-0.15, -0.1) is 11.8 Å². The van der Waals surface area contributed by atoms with Gasteiger partial charge in [0.1, 0.15) is 12.6 Å². The van der Waals surface area contributed by atoms with Crippen LogP contribution in [-0.4, -0.2) is 52.3 Å². The molecule has 35 heavy (non-hydrogen) atoms. The Labute approximate surface area is 207 Å². The molecule has 1 atom stereocenters. The number of amides is 2. The van der Waals surface area contributed by atoms with Crippen molar-refractivity contribution >= 4 is 35.4 Å². The zero-order chi connectivity index (χ0) is 24.5. The van der Waals surface area contributed by atoms with Gasteiger partial charge < -0.3 is 14.7 Å². The predicted octanol–water partition coefficient (Wildman–Crippen LogP) is 4.96. The zero-order valence-electron chi connectivity index (χ0n) is 19.1. The second kappa shape index (κ2) is 9.46. The van der Waals surface area contributed by atoms with Crippen LogP contribution >= 0.6 is 11.8 Å². The molecule has 5 rings (SSSR count). The van der Waals surface area contributed by atoms with E-state index in [1.807, 2.05) is 31.2 Å². The van der Waals surface area contributed by atoms with Gasteiger partial charge in [-0.3, -0.25) is 10.1 Å². The number of fused-ring (bicyclic) bond motifs is 3. The maximum Gasteiger partial charge on any atom is 0.411 e. The molecular formula is C27H24N2O5S. The lowest BCUT2D eigenvalue weighted by Gasteiger charge is -2.21. The van der Waals surface area contributed by atoms with Crippen LogP contribution in [0, 0.1) is 6.92 Å². The minimum atomic E-state index is -1.02. The number of carbonyl (C=O) groups is 3. The van der Waals surface area contributed by atoms with Gasteiger partial charge in [0, 0.05) is 22.9 Å². The Morgan fingerprint density at radius 2 is 1.69 bits per heavy atom. The van der Waals surface area contributed by atoms with Crippen LogP contribution in [0.4, 0.5) is 10.5 Å². The molecule has 3 aromatic rings. The molecule has 178 valence electrons. The fraction of sp³-hybridized carbons (Fsp3) is 0.222. The first-order valence-corrected chi connectivity index (χ1v) is 12.4. The standard InChI is InChI=1S/C27H24N2O5S/c1-16-10-11-17(25(30)29-15-35-14-24(29)26(31)32)12-23(16)28-27(33)34-13-22-20-8-4-2-6-18(20)19-7-3-5-9-21(19)22/h2-12,22,24H,13-15H2,1H3,(H,28,33)(H,31,32). The van der Waals surface area contributed by atoms with E-state index in [0.29, 0.717) is 22.9 Å². The van der Waals surface area contributed by atoms with Crippen molar-refractivity contribution < 1.29 is 24.2 Å². The van der Waals surface area contributed by atoms with Crippen molar-refractivity contribution in [3.05, 3.63) is 89.0 Å². The van der Waals surface area contributed by atoms with Crippen molar-refractivity contribution in [2.45, 2.75) is 18.9 Å². The summed E-state index contributed by atoms with van der Waals surface area (Å²) >= 11 is 1.40. The summed E-state index contributed by atoms with van der Waals surface area (Å²) in [5, 5.41) is 12.1. The largest absolute Gasteiger partial charge is 0.480 e. The van der Waals surface area contributed by atoms with Crippen molar-refractivity contribution in [3.8, 4) is 11.1 Å². The molecule has 0 spiro atoms. The summed E-state index contributed by atoms with van der Waals surface area (Å²) in [6.45, 7) is 2.00. The van der Waals surface area contributed by atoms with E-state index >= 15 is 0 Å². The van der Waals surface area contributed by atoms with Gasteiger partial charge in [-0.1, -0.05) is 54.6 Å². The number of aryl methyl sites for hydroxylation is 1. The normalized spacial score (nSPS) is 16.5. The highest BCUT2D eigenvalue weighted by Gasteiger charge is 2.35. The van der Waals surface area contributed by atoms with Crippen LogP contribution in [0.1, 0.15) is 33.0 Å². The fourth-order valence-electron chi connectivity index (χ4n) is 4.65. The predicted molar refractivity (Wildman–Crippen MR) is 135 cm³/mol. The SMILES string of the molecule is Cc1ccc(C(=O)N2CSCC2C(=O)O)cc1NC(=O)OCC1c2ccccc2-c2ccccc21. The van der Waals surface area contributed by atoms with Crippen molar-refractivity contribution in [1.29, 1.82) is 0 Å². The molecule has 7 nitrogen and oxygen atoms in total. The zero-order valence-corrected chi connectivity index (χ0v) is 19.9. The molecule has 1 heterocycles. The molecule has 0 aromatic heterocycles. The maximum absolute atomic E-state index is 12.9. The molecule has 1 aliphatic carbocycles. The average molecular weight is 489 g/mol. The topological polar surface area (TPSA) is 95.9 Å². The number of hydrogen-bond donors (Lipinski definition) is 2. The Morgan fingerprint density at radius 3 is 2.34 bits per heavy atom. The first kappa shape index (κ1) is 23.0. The fourth-order valence-corrected chi connectivity index (χ4v) is 5.79. The molecule has 1 unspecified atom stereocenters. The number of carboxylic acid groups (broad SMARTS) is 1. The molecule has 1 aliphatic heterocycles. The second-order valence-corrected chi connectivity index (χ2v) is 9.61. The highest BCUT2D eigenvalue weighted by molar-refractivity contribution is 7.99. The van der Waals surface area contributed by atoms with Crippen LogP contribution in [0.3, 0.4) is 0 Å². The lowest BCUT2D eigenvalue weighted by atomic mass is 9.98. The number of nitrogens with zero attached hydrogens (tertiary/aromatic N) is 1. The summed E-state index contributed by atoms with van der Waals surface area (Å²) < 4.78 is 5.62. The molecule has 2 amide bonds. The highest BCUT2D eigenvalue weighted by Crippen LogP contribution is 2.44. The summed E-state index contributed by atoms with van der Waals surface area (Å²) in [4.78, 5) is 38.5. The number of rotatable bonds is 5. The summed E-state index contributed by atoms with van der Waals surface area (Å²) in [5.41, 5.74) is 6.09. The number of hydrogen-bond acceptors (Lipinski definition) is 5. The van der Waals surface area contributed by atoms with Crippen molar-refractivity contribution in [2.75, 3.05) is 23.6 Å². The monoisotopic (exact) mass is 488 g/mol. The first-order chi connectivity index (χ1) is 16.9. The molecule has 1 saturated heterocycles. The van der Waals surface area contributed by atoms with E-state index in [2.05, 4.69) is 29.6 Å². The van der Waals surface area contributed by atoms with Crippen molar-refractivity contribution in [3.63, 3.8) is 0 Å². The van der Waals surface area contributed by atoms with E-state index < -0.39 is 18.1 Å². The Kier molecular flexibility index (Phi) is 6.21. The summed E-state index contributed by atoms with van der Waals surface area (Å²) in [5.74, 6) is -0.774. The van der Waals surface area contributed by atoms with E-state index in [-0.39, 0.29) is 18.4 Å². The van der Waals surface area contributed by atoms with E-state index in [0.717, 1.165) is 27.8 Å². The van der Waals surface area contributed by atoms with Gasteiger partial charge in [0.25, 0.3) is 5.91 Å². The number of anilines is 1. The lowest BCUT2D eigenvalue weighted by molar-refractivity contribution is -0.140. The van der Waals surface area contributed by atoms with E-state index in [4.69, 9.17) is 4.74 Å². The smallest absolute Gasteiger partial charge is 0.411 e. The van der Waals surface area contributed by atoms with E-state index in [1.165, 1.54) is 16.7 Å². The number of aliphatic carboxylic acids is 1. The molecule has 0 saturated carbocycles. The minimum Gasteiger partial charge on any atom is -0.480 e. The number of benzene rings is 3. The quantitative estimate of drug-likeness (QED) is 0.527. The molecular weight excluding hydrogens is 464 g/mol. The Morgan fingerprint density at radius 1 is 1.03 bits per heavy atom. The van der Waals surface area contributed by atoms with Crippen LogP contribution < -0.4 is 5.32 Å². The molecule has 0 radical (unpaired) electrons. The highest BCUT2D eigenvalue weighted by atomic mass is 32.2. The second-order valence-electron chi connectivity index (χ2n) is 8.61. The molecule has 1 fully saturated rings. The van der Waals surface area contributed by atoms with Crippen LogP contribution in [0.2, 0.25) is 0 Å². The lowest BCUT2D eigenvalue weighted by Crippen LogP contribution is -2.41. The van der Waals surface area contributed by atoms with Gasteiger partial charge in [-0.25, -0.2) is 9.59 Å². The van der Waals surface area contributed by atoms with Crippen LogP contribution in [-0.2, 0) is 9.53 Å². The Bertz CT molecular complexity index is 1280. The molecule has 0 bridgehead atoms. The molecule has 3 aromatic carbocycles. The van der Waals surface area contributed by atoms with Gasteiger partial charge in [-0.2, -0.15) is 0 Å². The van der Waals surface area contributed by atoms with Crippen molar-refractivity contribution in [2.24, 2.45) is 0 Å². The van der Waals surface area contributed by atoms with Crippen LogP contribution in [0.25, 0.3) is 11.1 Å². The van der Waals surface area contributed by atoms with Gasteiger partial charge >= 0.3 is 12.1 Å². The van der Waals surface area contributed by atoms with Gasteiger partial charge in [0.05, 0.1) is 5.88 Å². The summed E-state index contributed by atoms with van der Waals surface area (Å²) in [7, 11) is 0. The van der Waals surface area contributed by atoms with Crippen LogP contribution in [0.5, 0.6) is 0 Å². The molecule has 2 N–H and O–H groups in total. The Balaban J connectivity index is 1.29. The number of carboxylic acids is 1. The first-order valence-electron chi connectivity index (χ1n) is 11.3. The summed E-state index contributed by atoms with van der Waals surface area (Å²) in [6, 6.07) is 20.3. The molecule has 8 heteroatoms. The average Bonchev–Trinajstić information content (AvgIpc) is 3.47. The number of thioether (sulfide) groups is 1. The Hall–Kier alpha value is -3.78. The third kappa shape index (κ3) is 4.37. The van der Waals surface area contributed by atoms with Crippen LogP contribution in [0.15, 0.2) is 66.7 Å². The van der Waals surface area contributed by atoms with E-state index in [1.54, 1.807) is 18.2 Å². The number of ether oxygens (including phenoxy) is 1. The van der Waals surface area contributed by atoms with Gasteiger partial charge in [-0.05, 0) is 46.9 Å². The molecule has 2 aliphatic rings. The van der Waals surface area contributed by atoms with E-state index in [9.17, 15) is 19.5 Å². The van der Waals surface area contributed by atoms with Crippen molar-refractivity contribution in [1.82, 2.24) is 4.90 Å². The number of carbonyl (C=O) groups excluding carboxylic acids is 2.